The number of carboxylic acid groups (broad SMARTS) is 1. The van der Waals surface area contributed by atoms with E-state index in [0.29, 0.717) is 18.5 Å². The normalized spacial score (nSPS) is 23.7. The summed E-state index contributed by atoms with van der Waals surface area (Å²) in [5.41, 5.74) is 0.476. The first-order chi connectivity index (χ1) is 13.8. The van der Waals surface area contributed by atoms with Crippen LogP contribution in [-0.2, 0) is 19.6 Å². The lowest BCUT2D eigenvalue weighted by Crippen LogP contribution is -2.38. The fourth-order valence-corrected chi connectivity index (χ4v) is 5.91. The minimum atomic E-state index is -3.58. The van der Waals surface area contributed by atoms with E-state index >= 15 is 0 Å². The highest BCUT2D eigenvalue weighted by molar-refractivity contribution is 7.89. The fourth-order valence-electron chi connectivity index (χ4n) is 4.49. The molecule has 2 aliphatic carbocycles. The average molecular weight is 423 g/mol. The first-order valence-corrected chi connectivity index (χ1v) is 11.9. The maximum atomic E-state index is 12.9. The number of anilines is 1. The second kappa shape index (κ2) is 9.26. The fraction of sp³-hybridized carbons (Fsp3) is 0.619. The summed E-state index contributed by atoms with van der Waals surface area (Å²) in [5, 5.41) is 12.1. The van der Waals surface area contributed by atoms with Crippen molar-refractivity contribution in [2.45, 2.75) is 68.7 Å². The number of amides is 1. The number of hydrogen-bond acceptors (Lipinski definition) is 4. The Bertz CT molecular complexity index is 831. The van der Waals surface area contributed by atoms with E-state index in [4.69, 9.17) is 0 Å². The monoisotopic (exact) mass is 422 g/mol. The van der Waals surface area contributed by atoms with Crippen LogP contribution in [-0.4, -0.2) is 42.8 Å². The predicted molar refractivity (Wildman–Crippen MR) is 110 cm³/mol. The van der Waals surface area contributed by atoms with Gasteiger partial charge in [-0.1, -0.05) is 32.1 Å². The third kappa shape index (κ3) is 4.98. The Hall–Kier alpha value is -1.93. The number of hydrogen-bond donors (Lipinski definition) is 2. The van der Waals surface area contributed by atoms with Crippen LogP contribution in [0.3, 0.4) is 0 Å². The van der Waals surface area contributed by atoms with Crippen molar-refractivity contribution in [2.24, 2.45) is 11.8 Å². The minimum absolute atomic E-state index is 0.0346. The second-order valence-electron chi connectivity index (χ2n) is 8.16. The molecule has 1 amide bonds. The van der Waals surface area contributed by atoms with Gasteiger partial charge in [-0.05, 0) is 49.9 Å². The molecule has 0 radical (unpaired) electrons. The van der Waals surface area contributed by atoms with E-state index in [0.717, 1.165) is 44.9 Å². The van der Waals surface area contributed by atoms with Gasteiger partial charge >= 0.3 is 5.97 Å². The van der Waals surface area contributed by atoms with E-state index in [2.05, 4.69) is 5.32 Å². The van der Waals surface area contributed by atoms with Gasteiger partial charge < -0.3 is 10.4 Å². The zero-order chi connectivity index (χ0) is 21.0. The Morgan fingerprint density at radius 3 is 2.07 bits per heavy atom. The van der Waals surface area contributed by atoms with Gasteiger partial charge in [-0.15, -0.1) is 0 Å². The third-order valence-corrected chi connectivity index (χ3v) is 8.23. The van der Waals surface area contributed by atoms with Crippen LogP contribution < -0.4 is 5.32 Å². The molecule has 0 spiro atoms. The topological polar surface area (TPSA) is 104 Å². The number of carbonyl (C=O) groups excluding carboxylic acids is 1. The van der Waals surface area contributed by atoms with Crippen molar-refractivity contribution >= 4 is 27.6 Å². The average Bonchev–Trinajstić information content (AvgIpc) is 2.74. The number of carbonyl (C=O) groups is 2. The van der Waals surface area contributed by atoms with E-state index in [1.807, 2.05) is 0 Å². The molecule has 1 aromatic carbocycles. The number of nitrogens with zero attached hydrogens (tertiary/aromatic N) is 1. The number of rotatable bonds is 6. The molecule has 2 aliphatic rings. The van der Waals surface area contributed by atoms with Gasteiger partial charge in [-0.25, -0.2) is 8.42 Å². The van der Waals surface area contributed by atoms with Crippen molar-refractivity contribution < 1.29 is 23.1 Å². The summed E-state index contributed by atoms with van der Waals surface area (Å²) in [7, 11) is -1.95. The second-order valence-corrected chi connectivity index (χ2v) is 10.2. The molecular weight excluding hydrogens is 392 g/mol. The molecule has 0 heterocycles. The van der Waals surface area contributed by atoms with Gasteiger partial charge in [0.2, 0.25) is 15.9 Å². The molecule has 2 fully saturated rings. The van der Waals surface area contributed by atoms with Crippen LogP contribution in [0.15, 0.2) is 29.2 Å². The molecular formula is C21H30N2O5S. The first-order valence-electron chi connectivity index (χ1n) is 10.4. The van der Waals surface area contributed by atoms with Crippen LogP contribution in [0, 0.1) is 11.8 Å². The maximum Gasteiger partial charge on any atom is 0.307 e. The van der Waals surface area contributed by atoms with Crippen LogP contribution in [0.5, 0.6) is 0 Å². The molecule has 3 rings (SSSR count). The molecule has 160 valence electrons. The van der Waals surface area contributed by atoms with Crippen molar-refractivity contribution in [1.29, 1.82) is 0 Å². The molecule has 0 saturated heterocycles. The Kier molecular flexibility index (Phi) is 6.95. The number of nitrogens with one attached hydrogen (secondary N) is 1. The molecule has 8 heteroatoms. The third-order valence-electron chi connectivity index (χ3n) is 6.31. The Balaban J connectivity index is 1.67. The highest BCUT2D eigenvalue weighted by Crippen LogP contribution is 2.32. The molecule has 1 aromatic rings. The van der Waals surface area contributed by atoms with Crippen LogP contribution in [0.2, 0.25) is 0 Å². The molecule has 2 atom stereocenters. The van der Waals surface area contributed by atoms with Crippen LogP contribution >= 0.6 is 0 Å². The summed E-state index contributed by atoms with van der Waals surface area (Å²) in [6.07, 6.45) is 7.75. The van der Waals surface area contributed by atoms with Gasteiger partial charge in [0, 0.05) is 18.8 Å². The maximum absolute atomic E-state index is 12.9. The summed E-state index contributed by atoms with van der Waals surface area (Å²) < 4.78 is 27.3. The van der Waals surface area contributed by atoms with E-state index < -0.39 is 27.8 Å². The minimum Gasteiger partial charge on any atom is -0.481 e. The summed E-state index contributed by atoms with van der Waals surface area (Å²) in [6, 6.07) is 6.17. The molecule has 0 unspecified atom stereocenters. The molecule has 0 bridgehead atoms. The van der Waals surface area contributed by atoms with E-state index in [9.17, 15) is 23.1 Å². The van der Waals surface area contributed by atoms with Crippen molar-refractivity contribution in [3.8, 4) is 0 Å². The molecule has 29 heavy (non-hydrogen) atoms. The lowest BCUT2D eigenvalue weighted by atomic mass is 9.78. The molecule has 0 aromatic heterocycles. The van der Waals surface area contributed by atoms with Crippen molar-refractivity contribution in [3.63, 3.8) is 0 Å². The van der Waals surface area contributed by atoms with Crippen molar-refractivity contribution in [3.05, 3.63) is 24.3 Å². The number of benzene rings is 1. The summed E-state index contributed by atoms with van der Waals surface area (Å²) >= 11 is 0. The van der Waals surface area contributed by atoms with Crippen LogP contribution in [0.25, 0.3) is 0 Å². The number of sulfonamides is 1. The molecule has 7 nitrogen and oxygen atoms in total. The molecule has 2 saturated carbocycles. The van der Waals surface area contributed by atoms with E-state index in [1.54, 1.807) is 19.2 Å². The van der Waals surface area contributed by atoms with Gasteiger partial charge in [0.15, 0.2) is 0 Å². The van der Waals surface area contributed by atoms with E-state index in [-0.39, 0.29) is 16.8 Å². The van der Waals surface area contributed by atoms with Gasteiger partial charge in [0.1, 0.15) is 0 Å². The quantitative estimate of drug-likeness (QED) is 0.730. The summed E-state index contributed by atoms with van der Waals surface area (Å²) in [5.74, 6) is -2.46. The van der Waals surface area contributed by atoms with E-state index in [1.165, 1.54) is 16.4 Å². The summed E-state index contributed by atoms with van der Waals surface area (Å²) in [4.78, 5) is 24.2. The highest BCUT2D eigenvalue weighted by Gasteiger charge is 2.36. The van der Waals surface area contributed by atoms with Crippen molar-refractivity contribution in [2.75, 3.05) is 12.4 Å². The smallest absolute Gasteiger partial charge is 0.307 e. The van der Waals surface area contributed by atoms with Crippen molar-refractivity contribution in [1.82, 2.24) is 4.31 Å². The number of aliphatic carboxylic acids is 1. The standard InChI is InChI=1S/C21H30N2O5S/c1-23(16-7-3-2-4-8-16)29(27,28)17-13-11-15(12-14-17)22-20(24)18-9-5-6-10-19(18)21(25)26/h11-14,16,18-19H,2-10H2,1H3,(H,22,24)(H,25,26)/t18-,19-/m0/s1. The SMILES string of the molecule is CN(C1CCCCC1)S(=O)(=O)c1ccc(NC(=O)[C@H]2CCCC[C@@H]2C(=O)O)cc1. The van der Waals surface area contributed by atoms with Crippen LogP contribution in [0.4, 0.5) is 5.69 Å². The van der Waals surface area contributed by atoms with Gasteiger partial charge in [0.25, 0.3) is 0 Å². The predicted octanol–water partition coefficient (Wildman–Crippen LogP) is 3.47. The van der Waals surface area contributed by atoms with Gasteiger partial charge in [-0.3, -0.25) is 9.59 Å². The van der Waals surface area contributed by atoms with Gasteiger partial charge in [0.05, 0.1) is 16.7 Å². The molecule has 0 aliphatic heterocycles. The Morgan fingerprint density at radius 1 is 0.931 bits per heavy atom. The molecule has 2 N–H and O–H groups in total. The lowest BCUT2D eigenvalue weighted by Gasteiger charge is -2.30. The lowest BCUT2D eigenvalue weighted by molar-refractivity contribution is -0.147. The zero-order valence-corrected chi connectivity index (χ0v) is 17.7. The largest absolute Gasteiger partial charge is 0.481 e. The first kappa shape index (κ1) is 21.8. The van der Waals surface area contributed by atoms with Gasteiger partial charge in [-0.2, -0.15) is 4.31 Å². The highest BCUT2D eigenvalue weighted by atomic mass is 32.2. The van der Waals surface area contributed by atoms with Crippen LogP contribution in [0.1, 0.15) is 57.8 Å². The summed E-state index contributed by atoms with van der Waals surface area (Å²) in [6.45, 7) is 0. The zero-order valence-electron chi connectivity index (χ0n) is 16.8. The Morgan fingerprint density at radius 2 is 1.48 bits per heavy atom. The number of carboxylic acids is 1. The Labute approximate surface area is 172 Å².